The van der Waals surface area contributed by atoms with E-state index in [1.807, 2.05) is 24.3 Å². The second kappa shape index (κ2) is 8.36. The van der Waals surface area contributed by atoms with Crippen molar-refractivity contribution >= 4 is 34.4 Å². The van der Waals surface area contributed by atoms with Gasteiger partial charge in [0.1, 0.15) is 11.6 Å². The van der Waals surface area contributed by atoms with Gasteiger partial charge in [0.25, 0.3) is 11.8 Å². The van der Waals surface area contributed by atoms with Gasteiger partial charge in [-0.1, -0.05) is 35.5 Å². The zero-order valence-electron chi connectivity index (χ0n) is 17.3. The Morgan fingerprint density at radius 2 is 1.97 bits per heavy atom. The summed E-state index contributed by atoms with van der Waals surface area (Å²) in [5.41, 5.74) is 4.65. The fraction of sp³-hybridized carbons (Fsp3) is 0.125. The number of rotatable bonds is 4. The second-order valence-electron chi connectivity index (χ2n) is 7.71. The van der Waals surface area contributed by atoms with E-state index in [2.05, 4.69) is 10.1 Å². The molecule has 8 nitrogen and oxygen atoms in total. The average Bonchev–Trinajstić information content (AvgIpc) is 3.47. The number of hydroxylamine groups is 1. The maximum atomic E-state index is 13.8. The molecule has 1 aliphatic heterocycles. The predicted octanol–water partition coefficient (Wildman–Crippen LogP) is 3.54. The van der Waals surface area contributed by atoms with E-state index in [0.717, 1.165) is 10.9 Å². The Bertz CT molecular complexity index is 1390. The highest BCUT2D eigenvalue weighted by Gasteiger charge is 2.31. The number of carbonyl (C=O) groups is 2. The fourth-order valence-corrected chi connectivity index (χ4v) is 4.06. The van der Waals surface area contributed by atoms with Gasteiger partial charge in [-0.15, -0.1) is 0 Å². The van der Waals surface area contributed by atoms with Crippen molar-refractivity contribution < 1.29 is 23.7 Å². The minimum atomic E-state index is -0.798. The molecule has 3 N–H and O–H groups in total. The van der Waals surface area contributed by atoms with Gasteiger partial charge in [-0.05, 0) is 29.8 Å². The lowest BCUT2D eigenvalue weighted by molar-refractivity contribution is -0.125. The Hall–Kier alpha value is -4.24. The maximum Gasteiger partial charge on any atom is 0.297 e. The second-order valence-corrected chi connectivity index (χ2v) is 7.71. The number of para-hydroxylation sites is 1. The molecule has 3 heterocycles. The van der Waals surface area contributed by atoms with Crippen LogP contribution in [0.5, 0.6) is 0 Å². The number of H-pyrrole nitrogens is 1. The number of aromatic nitrogens is 2. The van der Waals surface area contributed by atoms with Crippen molar-refractivity contribution in [3.05, 3.63) is 88.7 Å². The predicted molar refractivity (Wildman–Crippen MR) is 117 cm³/mol. The highest BCUT2D eigenvalue weighted by atomic mass is 19.1. The van der Waals surface area contributed by atoms with Crippen molar-refractivity contribution in [2.45, 2.75) is 13.0 Å². The minimum Gasteiger partial charge on any atom is -0.361 e. The van der Waals surface area contributed by atoms with Gasteiger partial charge in [0.05, 0.1) is 6.54 Å². The smallest absolute Gasteiger partial charge is 0.297 e. The monoisotopic (exact) mass is 446 g/mol. The molecule has 0 fully saturated rings. The quantitative estimate of drug-likeness (QED) is 0.252. The van der Waals surface area contributed by atoms with Crippen LogP contribution in [0.25, 0.3) is 22.6 Å². The molecule has 2 aromatic carbocycles. The van der Waals surface area contributed by atoms with Crippen molar-refractivity contribution in [3.63, 3.8) is 0 Å². The van der Waals surface area contributed by atoms with Crippen molar-refractivity contribution in [2.24, 2.45) is 0 Å². The van der Waals surface area contributed by atoms with Crippen LogP contribution in [-0.4, -0.2) is 38.6 Å². The molecule has 0 spiro atoms. The number of carbonyl (C=O) groups excluding carboxylic acids is 2. The van der Waals surface area contributed by atoms with Gasteiger partial charge >= 0.3 is 0 Å². The van der Waals surface area contributed by atoms with E-state index in [1.165, 1.54) is 12.1 Å². The van der Waals surface area contributed by atoms with Gasteiger partial charge in [-0.25, -0.2) is 9.87 Å². The number of fused-ring (bicyclic) bond motifs is 2. The first-order chi connectivity index (χ1) is 16.0. The Morgan fingerprint density at radius 1 is 1.18 bits per heavy atom. The normalized spacial score (nSPS) is 13.8. The van der Waals surface area contributed by atoms with Crippen LogP contribution in [0.3, 0.4) is 0 Å². The lowest BCUT2D eigenvalue weighted by Crippen LogP contribution is -2.37. The van der Waals surface area contributed by atoms with E-state index in [4.69, 9.17) is 9.73 Å². The van der Waals surface area contributed by atoms with Gasteiger partial charge < -0.3 is 14.4 Å². The van der Waals surface area contributed by atoms with Crippen LogP contribution in [0.1, 0.15) is 32.9 Å². The summed E-state index contributed by atoms with van der Waals surface area (Å²) in [6.07, 6.45) is 3.88. The zero-order valence-corrected chi connectivity index (χ0v) is 17.3. The topological polar surface area (TPSA) is 111 Å². The third-order valence-electron chi connectivity index (χ3n) is 5.72. The molecule has 4 aromatic rings. The third-order valence-corrected chi connectivity index (χ3v) is 5.72. The number of amides is 2. The van der Waals surface area contributed by atoms with Gasteiger partial charge in [0.2, 0.25) is 0 Å². The SMILES string of the molecule is O=C(NO)c1noc2c1CN(C(=O)C(=Cc1ccc(F)cc1)c1c[nH]c3ccccc13)CC2. The van der Waals surface area contributed by atoms with E-state index < -0.39 is 5.91 Å². The first kappa shape index (κ1) is 20.7. The minimum absolute atomic E-state index is 0.0545. The molecule has 0 atom stereocenters. The molecular weight excluding hydrogens is 427 g/mol. The van der Waals surface area contributed by atoms with Crippen LogP contribution in [0.2, 0.25) is 0 Å². The Kier molecular flexibility index (Phi) is 5.23. The number of nitrogens with zero attached hydrogens (tertiary/aromatic N) is 2. The maximum absolute atomic E-state index is 13.8. The van der Waals surface area contributed by atoms with Crippen molar-refractivity contribution in [2.75, 3.05) is 6.54 Å². The fourth-order valence-electron chi connectivity index (χ4n) is 4.06. The van der Waals surface area contributed by atoms with Crippen LogP contribution in [0, 0.1) is 5.82 Å². The molecule has 9 heteroatoms. The number of nitrogens with one attached hydrogen (secondary N) is 2. The van der Waals surface area contributed by atoms with Gasteiger partial charge in [-0.3, -0.25) is 14.8 Å². The van der Waals surface area contributed by atoms with Crippen LogP contribution < -0.4 is 5.48 Å². The largest absolute Gasteiger partial charge is 0.361 e. The molecule has 0 saturated heterocycles. The Labute approximate surface area is 187 Å². The number of benzene rings is 2. The summed E-state index contributed by atoms with van der Waals surface area (Å²) in [7, 11) is 0. The molecule has 2 amide bonds. The molecule has 0 radical (unpaired) electrons. The summed E-state index contributed by atoms with van der Waals surface area (Å²) in [5, 5.41) is 13.6. The van der Waals surface area contributed by atoms with E-state index in [-0.39, 0.29) is 24.0 Å². The number of hydrogen-bond donors (Lipinski definition) is 3. The van der Waals surface area contributed by atoms with Crippen molar-refractivity contribution in [3.8, 4) is 0 Å². The Balaban J connectivity index is 1.56. The van der Waals surface area contributed by atoms with E-state index >= 15 is 0 Å². The summed E-state index contributed by atoms with van der Waals surface area (Å²) in [6.45, 7) is 0.466. The lowest BCUT2D eigenvalue weighted by Gasteiger charge is -2.27. The van der Waals surface area contributed by atoms with Crippen molar-refractivity contribution in [1.29, 1.82) is 0 Å². The zero-order chi connectivity index (χ0) is 22.9. The first-order valence-electron chi connectivity index (χ1n) is 10.3. The molecule has 5 rings (SSSR count). The molecule has 0 bridgehead atoms. The number of halogens is 1. The van der Waals surface area contributed by atoms with Gasteiger partial charge in [0.15, 0.2) is 5.69 Å². The summed E-state index contributed by atoms with van der Waals surface area (Å²) in [5.74, 6) is -0.911. The molecule has 1 aliphatic rings. The molecule has 0 unspecified atom stereocenters. The van der Waals surface area contributed by atoms with Crippen LogP contribution in [0.4, 0.5) is 4.39 Å². The molecule has 0 saturated carbocycles. The van der Waals surface area contributed by atoms with Gasteiger partial charge in [-0.2, -0.15) is 0 Å². The Morgan fingerprint density at radius 3 is 2.76 bits per heavy atom. The summed E-state index contributed by atoms with van der Waals surface area (Å²) >= 11 is 0. The summed E-state index contributed by atoms with van der Waals surface area (Å²) in [4.78, 5) is 30.5. The summed E-state index contributed by atoms with van der Waals surface area (Å²) < 4.78 is 18.7. The molecule has 33 heavy (non-hydrogen) atoms. The number of hydrogen-bond acceptors (Lipinski definition) is 5. The van der Waals surface area contributed by atoms with Crippen molar-refractivity contribution in [1.82, 2.24) is 20.5 Å². The van der Waals surface area contributed by atoms with Crippen LogP contribution in [0.15, 0.2) is 59.3 Å². The molecule has 2 aromatic heterocycles. The third kappa shape index (κ3) is 3.79. The van der Waals surface area contributed by atoms with E-state index in [1.54, 1.807) is 34.8 Å². The first-order valence-corrected chi connectivity index (χ1v) is 10.3. The lowest BCUT2D eigenvalue weighted by atomic mass is 9.98. The van der Waals surface area contributed by atoms with Crippen LogP contribution in [-0.2, 0) is 17.8 Å². The average molecular weight is 446 g/mol. The molecule has 166 valence electrons. The standard InChI is InChI=1S/C24H19FN4O4/c25-15-7-5-14(6-8-15)11-17(18-12-26-20-4-2-1-3-16(18)20)24(31)29-10-9-21-19(13-29)22(28-33-21)23(30)27-32/h1-8,11-12,26,32H,9-10,13H2,(H,27,30). The van der Waals surface area contributed by atoms with E-state index in [0.29, 0.717) is 41.0 Å². The molecular formula is C24H19FN4O4. The van der Waals surface area contributed by atoms with Gasteiger partial charge in [0, 0.05) is 46.8 Å². The number of aromatic amines is 1. The highest BCUT2D eigenvalue weighted by Crippen LogP contribution is 2.31. The van der Waals surface area contributed by atoms with Crippen LogP contribution >= 0.6 is 0 Å². The van der Waals surface area contributed by atoms with E-state index in [9.17, 15) is 14.0 Å². The summed E-state index contributed by atoms with van der Waals surface area (Å²) in [6, 6.07) is 13.5. The highest BCUT2D eigenvalue weighted by molar-refractivity contribution is 6.27. The molecule has 0 aliphatic carbocycles.